The SMILES string of the molecule is CCO[SiH](CCCCNC)OCC. The quantitative estimate of drug-likeness (QED) is 0.454. The van der Waals surface area contributed by atoms with Crippen LogP contribution >= 0.6 is 0 Å². The van der Waals surface area contributed by atoms with Crippen LogP contribution < -0.4 is 5.32 Å². The predicted molar refractivity (Wildman–Crippen MR) is 58.4 cm³/mol. The number of unbranched alkanes of at least 4 members (excludes halogenated alkanes) is 1. The third-order valence-corrected chi connectivity index (χ3v) is 4.11. The van der Waals surface area contributed by atoms with Gasteiger partial charge in [-0.3, -0.25) is 0 Å². The lowest BCUT2D eigenvalue weighted by atomic mass is 10.3. The van der Waals surface area contributed by atoms with Crippen molar-refractivity contribution in [1.82, 2.24) is 5.32 Å². The van der Waals surface area contributed by atoms with Crippen LogP contribution in [0.1, 0.15) is 26.7 Å². The van der Waals surface area contributed by atoms with Gasteiger partial charge in [0.25, 0.3) is 0 Å². The summed E-state index contributed by atoms with van der Waals surface area (Å²) >= 11 is 0. The third-order valence-electron chi connectivity index (χ3n) is 1.82. The van der Waals surface area contributed by atoms with E-state index >= 15 is 0 Å². The summed E-state index contributed by atoms with van der Waals surface area (Å²) in [7, 11) is 0.682. The highest BCUT2D eigenvalue weighted by Gasteiger charge is 2.10. The largest absolute Gasteiger partial charge is 0.397 e. The van der Waals surface area contributed by atoms with Crippen LogP contribution in [0.15, 0.2) is 0 Å². The van der Waals surface area contributed by atoms with E-state index in [1.807, 2.05) is 20.9 Å². The average molecular weight is 205 g/mol. The van der Waals surface area contributed by atoms with E-state index in [0.29, 0.717) is 0 Å². The maximum absolute atomic E-state index is 5.56. The summed E-state index contributed by atoms with van der Waals surface area (Å²) < 4.78 is 11.1. The minimum Gasteiger partial charge on any atom is -0.397 e. The van der Waals surface area contributed by atoms with Gasteiger partial charge in [-0.2, -0.15) is 0 Å². The maximum atomic E-state index is 5.56. The Morgan fingerprint density at radius 1 is 1.08 bits per heavy atom. The lowest BCUT2D eigenvalue weighted by molar-refractivity contribution is 0.212. The van der Waals surface area contributed by atoms with E-state index in [-0.39, 0.29) is 0 Å². The minimum atomic E-state index is -1.30. The first kappa shape index (κ1) is 13.1. The standard InChI is InChI=1S/C9H23NO2Si/c1-4-11-13(12-5-2)9-7-6-8-10-3/h10,13H,4-9H2,1-3H3. The normalized spacial score (nSPS) is 11.1. The molecule has 0 radical (unpaired) electrons. The molecular formula is C9H23NO2Si. The summed E-state index contributed by atoms with van der Waals surface area (Å²) in [4.78, 5) is 0. The fraction of sp³-hybridized carbons (Fsp3) is 1.00. The second kappa shape index (κ2) is 10.2. The average Bonchev–Trinajstić information content (AvgIpc) is 2.13. The molecule has 0 aromatic carbocycles. The molecule has 0 aliphatic heterocycles. The smallest absolute Gasteiger partial charge is 0.321 e. The maximum Gasteiger partial charge on any atom is 0.321 e. The zero-order valence-electron chi connectivity index (χ0n) is 9.14. The van der Waals surface area contributed by atoms with Crippen molar-refractivity contribution < 1.29 is 8.85 Å². The first-order chi connectivity index (χ1) is 6.35. The van der Waals surface area contributed by atoms with Gasteiger partial charge in [-0.05, 0) is 39.9 Å². The first-order valence-corrected chi connectivity index (χ1v) is 6.98. The van der Waals surface area contributed by atoms with Gasteiger partial charge in [0, 0.05) is 13.2 Å². The molecule has 0 unspecified atom stereocenters. The van der Waals surface area contributed by atoms with Crippen LogP contribution in [0.5, 0.6) is 0 Å². The van der Waals surface area contributed by atoms with Crippen molar-refractivity contribution in [3.05, 3.63) is 0 Å². The molecule has 0 aliphatic carbocycles. The molecule has 80 valence electrons. The van der Waals surface area contributed by atoms with E-state index in [0.717, 1.165) is 25.8 Å². The molecule has 4 heteroatoms. The number of hydrogen-bond donors (Lipinski definition) is 1. The molecule has 0 atom stereocenters. The highest BCUT2D eigenvalue weighted by Crippen LogP contribution is 2.03. The van der Waals surface area contributed by atoms with Gasteiger partial charge in [0.1, 0.15) is 0 Å². The Balaban J connectivity index is 3.33. The second-order valence-corrected chi connectivity index (χ2v) is 5.04. The highest BCUT2D eigenvalue weighted by molar-refractivity contribution is 6.44. The summed E-state index contributed by atoms with van der Waals surface area (Å²) in [5, 5.41) is 3.14. The van der Waals surface area contributed by atoms with E-state index in [2.05, 4.69) is 5.32 Å². The predicted octanol–water partition coefficient (Wildman–Crippen LogP) is 1.28. The van der Waals surface area contributed by atoms with Crippen molar-refractivity contribution in [1.29, 1.82) is 0 Å². The molecular weight excluding hydrogens is 182 g/mol. The van der Waals surface area contributed by atoms with Gasteiger partial charge < -0.3 is 14.2 Å². The van der Waals surface area contributed by atoms with Crippen LogP contribution in [0, 0.1) is 0 Å². The summed E-state index contributed by atoms with van der Waals surface area (Å²) in [6.45, 7) is 6.75. The monoisotopic (exact) mass is 205 g/mol. The molecule has 0 aromatic rings. The van der Waals surface area contributed by atoms with Crippen LogP contribution in [0.4, 0.5) is 0 Å². The molecule has 0 fully saturated rings. The fourth-order valence-corrected chi connectivity index (χ4v) is 2.99. The summed E-state index contributed by atoms with van der Waals surface area (Å²) in [6.07, 6.45) is 2.44. The zero-order chi connectivity index (χ0) is 9.94. The van der Waals surface area contributed by atoms with Crippen molar-refractivity contribution >= 4 is 9.28 Å². The summed E-state index contributed by atoms with van der Waals surface area (Å²) in [5.74, 6) is 0. The van der Waals surface area contributed by atoms with Crippen LogP contribution in [-0.4, -0.2) is 36.1 Å². The Morgan fingerprint density at radius 2 is 1.69 bits per heavy atom. The number of rotatable bonds is 9. The lowest BCUT2D eigenvalue weighted by Crippen LogP contribution is -2.23. The third kappa shape index (κ3) is 8.43. The van der Waals surface area contributed by atoms with Crippen LogP contribution in [0.2, 0.25) is 6.04 Å². The molecule has 0 saturated carbocycles. The topological polar surface area (TPSA) is 30.5 Å². The van der Waals surface area contributed by atoms with E-state index in [4.69, 9.17) is 8.85 Å². The van der Waals surface area contributed by atoms with Gasteiger partial charge in [-0.15, -0.1) is 0 Å². The first-order valence-electron chi connectivity index (χ1n) is 5.22. The van der Waals surface area contributed by atoms with Crippen molar-refractivity contribution in [2.45, 2.75) is 32.7 Å². The van der Waals surface area contributed by atoms with E-state index < -0.39 is 9.28 Å². The Morgan fingerprint density at radius 3 is 2.15 bits per heavy atom. The van der Waals surface area contributed by atoms with Crippen LogP contribution in [-0.2, 0) is 8.85 Å². The van der Waals surface area contributed by atoms with Gasteiger partial charge in [0.2, 0.25) is 0 Å². The Kier molecular flexibility index (Phi) is 10.3. The molecule has 0 amide bonds. The van der Waals surface area contributed by atoms with Crippen molar-refractivity contribution in [2.75, 3.05) is 26.8 Å². The zero-order valence-corrected chi connectivity index (χ0v) is 10.3. The Bertz CT molecular complexity index is 97.6. The number of hydrogen-bond acceptors (Lipinski definition) is 3. The van der Waals surface area contributed by atoms with Crippen LogP contribution in [0.25, 0.3) is 0 Å². The fourth-order valence-electron chi connectivity index (χ4n) is 1.20. The van der Waals surface area contributed by atoms with Gasteiger partial charge >= 0.3 is 9.28 Å². The van der Waals surface area contributed by atoms with Crippen LogP contribution in [0.3, 0.4) is 0 Å². The molecule has 1 N–H and O–H groups in total. The Hall–Kier alpha value is 0.0969. The molecule has 13 heavy (non-hydrogen) atoms. The van der Waals surface area contributed by atoms with Gasteiger partial charge in [-0.1, -0.05) is 6.42 Å². The van der Waals surface area contributed by atoms with Crippen molar-refractivity contribution in [2.24, 2.45) is 0 Å². The van der Waals surface area contributed by atoms with E-state index in [9.17, 15) is 0 Å². The van der Waals surface area contributed by atoms with E-state index in [1.165, 1.54) is 12.8 Å². The summed E-state index contributed by atoms with van der Waals surface area (Å²) in [5.41, 5.74) is 0. The lowest BCUT2D eigenvalue weighted by Gasteiger charge is -2.14. The second-order valence-electron chi connectivity index (χ2n) is 2.94. The molecule has 3 nitrogen and oxygen atoms in total. The van der Waals surface area contributed by atoms with Crippen molar-refractivity contribution in [3.63, 3.8) is 0 Å². The molecule has 0 rings (SSSR count). The van der Waals surface area contributed by atoms with Gasteiger partial charge in [0.15, 0.2) is 0 Å². The minimum absolute atomic E-state index is 0.795. The van der Waals surface area contributed by atoms with E-state index in [1.54, 1.807) is 0 Å². The van der Waals surface area contributed by atoms with Gasteiger partial charge in [0.05, 0.1) is 0 Å². The molecule has 0 aliphatic rings. The molecule has 0 spiro atoms. The highest BCUT2D eigenvalue weighted by atomic mass is 28.3. The molecule has 0 heterocycles. The molecule has 0 bridgehead atoms. The molecule has 0 saturated heterocycles. The van der Waals surface area contributed by atoms with Gasteiger partial charge in [-0.25, -0.2) is 0 Å². The molecule has 0 aromatic heterocycles. The summed E-state index contributed by atoms with van der Waals surface area (Å²) in [6, 6.07) is 1.14. The Labute approximate surface area is 83.7 Å². The van der Waals surface area contributed by atoms with Crippen molar-refractivity contribution in [3.8, 4) is 0 Å². The number of nitrogens with one attached hydrogen (secondary N) is 1.